The number of carboxylic acid groups (broad SMARTS) is 1. The fourth-order valence-corrected chi connectivity index (χ4v) is 10.1. The van der Waals surface area contributed by atoms with Gasteiger partial charge in [0.2, 0.25) is 29.5 Å². The van der Waals surface area contributed by atoms with Gasteiger partial charge in [0.05, 0.1) is 54.3 Å². The molecule has 2 heterocycles. The summed E-state index contributed by atoms with van der Waals surface area (Å²) in [6, 6.07) is 13.0. The quantitative estimate of drug-likeness (QED) is 0.0710. The third-order valence-electron chi connectivity index (χ3n) is 14.6. The van der Waals surface area contributed by atoms with Crippen molar-refractivity contribution < 1.29 is 57.7 Å². The standard InChI is InChI=1S/C56H79N7O12/c1-12-36(6)50(43(73-10)31-46(65)62-29-19-22-42(62)51(74-11)37(7)52(67)58-41(56(71)72)30-38-20-15-13-16-21-38)61(9)55(70)48(34(2)3)59-53(68)49(35(4)5)60(8)45(64)23-17-14-18-28-63-47(66)32-44(54(63)69)75-40-26-24-39(33-57)25-27-40/h13,15-16,20-21,24-27,32,34-37,41-43,48-51H,12,14,17-19,22-23,28-31H2,1-11H3,(H,58,67)(H,59,68)(H,71,72)/t36-,37-,41+,42?,43-,48+,49+,50+,51-/m1/s1. The molecule has 2 aliphatic heterocycles. The maximum atomic E-state index is 14.7. The number of hydrogen-bond acceptors (Lipinski definition) is 12. The molecule has 2 aromatic carbocycles. The highest BCUT2D eigenvalue weighted by molar-refractivity contribution is 6.15. The van der Waals surface area contributed by atoms with Crippen LogP contribution in [0.3, 0.4) is 0 Å². The summed E-state index contributed by atoms with van der Waals surface area (Å²) in [4.78, 5) is 114. The molecule has 2 aromatic rings. The second-order valence-corrected chi connectivity index (χ2v) is 20.5. The lowest BCUT2D eigenvalue weighted by Crippen LogP contribution is -2.60. The summed E-state index contributed by atoms with van der Waals surface area (Å²) in [6.45, 7) is 13.4. The third-order valence-corrected chi connectivity index (χ3v) is 14.6. The molecule has 9 atom stereocenters. The fourth-order valence-electron chi connectivity index (χ4n) is 10.1. The molecule has 75 heavy (non-hydrogen) atoms. The number of carbonyl (C=O) groups is 8. The van der Waals surface area contributed by atoms with Crippen LogP contribution in [0.25, 0.3) is 0 Å². The number of amides is 7. The van der Waals surface area contributed by atoms with Gasteiger partial charge in [0.25, 0.3) is 11.8 Å². The third kappa shape index (κ3) is 16.2. The number of hydrogen-bond donors (Lipinski definition) is 3. The zero-order chi connectivity index (χ0) is 55.7. The number of imide groups is 1. The predicted octanol–water partition coefficient (Wildman–Crippen LogP) is 5.11. The van der Waals surface area contributed by atoms with E-state index in [1.165, 1.54) is 31.3 Å². The lowest BCUT2D eigenvalue weighted by atomic mass is 9.89. The number of carboxylic acids is 1. The molecule has 0 aromatic heterocycles. The van der Waals surface area contributed by atoms with Gasteiger partial charge in [-0.2, -0.15) is 5.26 Å². The molecular weight excluding hydrogens is 963 g/mol. The molecule has 0 bridgehead atoms. The SMILES string of the molecule is CC[C@@H](C)[C@@H]([C@@H](CC(=O)N1CCCC1[C@H](OC)[C@@H](C)C(=O)N[C@@H](Cc1ccccc1)C(=O)O)OC)N(C)C(=O)[C@@H](NC(=O)[C@H](C(C)C)N(C)C(=O)CCCCCN1C(=O)C=C(Oc2ccc(C#N)cc2)C1=O)C(C)C. The first-order valence-electron chi connectivity index (χ1n) is 26.1. The molecule has 0 saturated carbocycles. The Kier molecular flexibility index (Phi) is 23.4. The van der Waals surface area contributed by atoms with Crippen LogP contribution in [0.15, 0.2) is 66.4 Å². The molecule has 7 amide bonds. The molecular formula is C56H79N7O12. The van der Waals surface area contributed by atoms with Gasteiger partial charge in [-0.05, 0) is 73.3 Å². The van der Waals surface area contributed by atoms with Gasteiger partial charge >= 0.3 is 5.97 Å². The van der Waals surface area contributed by atoms with Gasteiger partial charge in [-0.25, -0.2) is 4.79 Å². The molecule has 19 nitrogen and oxygen atoms in total. The summed E-state index contributed by atoms with van der Waals surface area (Å²) >= 11 is 0. The summed E-state index contributed by atoms with van der Waals surface area (Å²) in [5.41, 5.74) is 1.18. The van der Waals surface area contributed by atoms with Crippen LogP contribution in [0.4, 0.5) is 0 Å². The first-order chi connectivity index (χ1) is 35.6. The molecule has 0 radical (unpaired) electrons. The number of methoxy groups -OCH3 is 2. The number of likely N-dealkylation sites (tertiary alicyclic amines) is 1. The van der Waals surface area contributed by atoms with E-state index in [9.17, 15) is 43.5 Å². The Morgan fingerprint density at radius 2 is 1.52 bits per heavy atom. The lowest BCUT2D eigenvalue weighted by Gasteiger charge is -2.41. The van der Waals surface area contributed by atoms with Crippen LogP contribution in [0.1, 0.15) is 111 Å². The summed E-state index contributed by atoms with van der Waals surface area (Å²) in [5.74, 6) is -5.67. The number of benzene rings is 2. The number of nitriles is 1. The van der Waals surface area contributed by atoms with Crippen LogP contribution in [-0.2, 0) is 54.3 Å². The minimum atomic E-state index is -1.17. The Labute approximate surface area is 442 Å². The summed E-state index contributed by atoms with van der Waals surface area (Å²) < 4.78 is 17.5. The number of aliphatic carboxylic acids is 1. The van der Waals surface area contributed by atoms with Crippen LogP contribution in [0.2, 0.25) is 0 Å². The highest BCUT2D eigenvalue weighted by Gasteiger charge is 2.44. The number of nitrogens with one attached hydrogen (secondary N) is 2. The van der Waals surface area contributed by atoms with E-state index < -0.39 is 83.8 Å². The monoisotopic (exact) mass is 1040 g/mol. The number of ether oxygens (including phenoxy) is 3. The van der Waals surface area contributed by atoms with Crippen molar-refractivity contribution in [2.24, 2.45) is 23.7 Å². The fraction of sp³-hybridized carbons (Fsp3) is 0.589. The minimum Gasteiger partial charge on any atom is -0.480 e. The number of rotatable bonds is 29. The zero-order valence-electron chi connectivity index (χ0n) is 45.6. The van der Waals surface area contributed by atoms with Gasteiger partial charge in [0, 0.05) is 54.2 Å². The van der Waals surface area contributed by atoms with Crippen molar-refractivity contribution in [2.45, 2.75) is 149 Å². The van der Waals surface area contributed by atoms with Crippen molar-refractivity contribution in [3.05, 3.63) is 77.6 Å². The Morgan fingerprint density at radius 1 is 0.853 bits per heavy atom. The largest absolute Gasteiger partial charge is 0.480 e. The second-order valence-electron chi connectivity index (χ2n) is 20.5. The van der Waals surface area contributed by atoms with Crippen LogP contribution in [0, 0.1) is 35.0 Å². The van der Waals surface area contributed by atoms with Crippen molar-refractivity contribution in [2.75, 3.05) is 41.4 Å². The maximum absolute atomic E-state index is 14.7. The van der Waals surface area contributed by atoms with Crippen molar-refractivity contribution in [1.82, 2.24) is 30.2 Å². The first-order valence-corrected chi connectivity index (χ1v) is 26.1. The van der Waals surface area contributed by atoms with Crippen molar-refractivity contribution in [3.63, 3.8) is 0 Å². The molecule has 3 N–H and O–H groups in total. The van der Waals surface area contributed by atoms with Crippen molar-refractivity contribution >= 4 is 47.3 Å². The van der Waals surface area contributed by atoms with Crippen molar-refractivity contribution in [3.8, 4) is 11.8 Å². The van der Waals surface area contributed by atoms with Crippen LogP contribution >= 0.6 is 0 Å². The minimum absolute atomic E-state index is 0.0938. The number of carbonyl (C=O) groups excluding carboxylic acids is 7. The normalized spacial score (nSPS) is 17.8. The molecule has 4 rings (SSSR count). The van der Waals surface area contributed by atoms with E-state index in [2.05, 4.69) is 10.6 Å². The topological polar surface area (TPSA) is 245 Å². The van der Waals surface area contributed by atoms with E-state index in [1.807, 2.05) is 53.7 Å². The average molecular weight is 1040 g/mol. The van der Waals surface area contributed by atoms with Crippen molar-refractivity contribution in [1.29, 1.82) is 5.26 Å². The van der Waals surface area contributed by atoms with E-state index in [4.69, 9.17) is 19.5 Å². The Bertz CT molecular complexity index is 2370. The number of unbranched alkanes of at least 4 members (excludes halogenated alkanes) is 2. The summed E-state index contributed by atoms with van der Waals surface area (Å²) in [5, 5.41) is 24.6. The highest BCUT2D eigenvalue weighted by atomic mass is 16.5. The van der Waals surface area contributed by atoms with Crippen LogP contribution in [-0.4, -0.2) is 156 Å². The number of nitrogens with zero attached hydrogens (tertiary/aromatic N) is 5. The van der Waals surface area contributed by atoms with Gasteiger partial charge in [-0.1, -0.05) is 91.6 Å². The van der Waals surface area contributed by atoms with Gasteiger partial charge in [0.15, 0.2) is 5.76 Å². The highest BCUT2D eigenvalue weighted by Crippen LogP contribution is 2.30. The van der Waals surface area contributed by atoms with Gasteiger partial charge in [-0.3, -0.25) is 38.5 Å². The smallest absolute Gasteiger partial charge is 0.326 e. The van der Waals surface area contributed by atoms with Gasteiger partial charge in [-0.15, -0.1) is 0 Å². The molecule has 19 heteroatoms. The van der Waals surface area contributed by atoms with E-state index in [1.54, 1.807) is 67.2 Å². The zero-order valence-corrected chi connectivity index (χ0v) is 45.6. The van der Waals surface area contributed by atoms with E-state index >= 15 is 0 Å². The van der Waals surface area contributed by atoms with Gasteiger partial charge < -0.3 is 44.7 Å². The Morgan fingerprint density at radius 3 is 2.09 bits per heavy atom. The van der Waals surface area contributed by atoms with E-state index in [-0.39, 0.29) is 61.1 Å². The second kappa shape index (κ2) is 28.9. The van der Waals surface area contributed by atoms with Crippen LogP contribution in [0.5, 0.6) is 5.75 Å². The molecule has 0 spiro atoms. The summed E-state index contributed by atoms with van der Waals surface area (Å²) in [6.07, 6.45) is 2.92. The van der Waals surface area contributed by atoms with Crippen LogP contribution < -0.4 is 15.4 Å². The average Bonchev–Trinajstić information content (AvgIpc) is 3.97. The molecule has 1 fully saturated rings. The molecule has 0 aliphatic carbocycles. The molecule has 410 valence electrons. The lowest BCUT2D eigenvalue weighted by molar-refractivity contribution is -0.149. The molecule has 1 saturated heterocycles. The van der Waals surface area contributed by atoms with E-state index in [0.717, 1.165) is 16.5 Å². The maximum Gasteiger partial charge on any atom is 0.326 e. The van der Waals surface area contributed by atoms with E-state index in [0.29, 0.717) is 56.4 Å². The predicted molar refractivity (Wildman–Crippen MR) is 279 cm³/mol. The molecule has 1 unspecified atom stereocenters. The summed E-state index contributed by atoms with van der Waals surface area (Å²) in [7, 11) is 6.17. The first kappa shape index (κ1) is 60.9. The molecule has 2 aliphatic rings. The van der Waals surface area contributed by atoms with Gasteiger partial charge in [0.1, 0.15) is 23.9 Å². The number of likely N-dealkylation sites (N-methyl/N-ethyl adjacent to an activating group) is 2. The Balaban J connectivity index is 1.36. The Hall–Kier alpha value is -6.65.